The third kappa shape index (κ3) is 3.05. The normalized spacial score (nSPS) is 19.1. The monoisotopic (exact) mass is 289 g/mol. The van der Waals surface area contributed by atoms with Crippen molar-refractivity contribution < 1.29 is 4.79 Å². The first-order chi connectivity index (χ1) is 9.75. The van der Waals surface area contributed by atoms with E-state index in [0.717, 1.165) is 23.5 Å². The zero-order valence-corrected chi connectivity index (χ0v) is 13.9. The molecule has 0 aromatic heterocycles. The molecule has 1 aromatic carbocycles. The molecule has 1 heterocycles. The smallest absolute Gasteiger partial charge is 0.246 e. The third-order valence-electron chi connectivity index (χ3n) is 4.52. The molecule has 1 aromatic rings. The number of rotatable bonds is 4. The fourth-order valence-electron chi connectivity index (χ4n) is 2.68. The molecule has 0 saturated carbocycles. The van der Waals surface area contributed by atoms with Crippen molar-refractivity contribution in [1.29, 1.82) is 0 Å². The molecule has 0 fully saturated rings. The van der Waals surface area contributed by atoms with Crippen LogP contribution in [0.15, 0.2) is 18.2 Å². The van der Waals surface area contributed by atoms with Gasteiger partial charge in [0, 0.05) is 30.0 Å². The number of amides is 1. The van der Waals surface area contributed by atoms with Crippen molar-refractivity contribution in [3.63, 3.8) is 0 Å². The Labute approximate surface area is 127 Å². The Morgan fingerprint density at radius 3 is 2.62 bits per heavy atom. The minimum atomic E-state index is -0.218. The van der Waals surface area contributed by atoms with Crippen LogP contribution in [0.2, 0.25) is 0 Å². The number of benzene rings is 1. The molecule has 1 aliphatic rings. The van der Waals surface area contributed by atoms with Crippen LogP contribution in [0.25, 0.3) is 0 Å². The fourth-order valence-corrected chi connectivity index (χ4v) is 2.68. The number of carbonyl (C=O) groups is 1. The SMILES string of the molecule is CCNC1C(=O)Nc2cc(N(C)C(C)C(C)(C)C)ccc21. The Bertz CT molecular complexity index is 533. The minimum absolute atomic E-state index is 0.0375. The van der Waals surface area contributed by atoms with Crippen molar-refractivity contribution in [3.05, 3.63) is 23.8 Å². The molecule has 0 bridgehead atoms. The molecule has 2 N–H and O–H groups in total. The van der Waals surface area contributed by atoms with E-state index in [2.05, 4.69) is 68.5 Å². The van der Waals surface area contributed by atoms with E-state index in [1.54, 1.807) is 0 Å². The molecule has 2 rings (SSSR count). The highest BCUT2D eigenvalue weighted by Gasteiger charge is 2.31. The summed E-state index contributed by atoms with van der Waals surface area (Å²) in [4.78, 5) is 14.3. The van der Waals surface area contributed by atoms with E-state index in [1.165, 1.54) is 0 Å². The Morgan fingerprint density at radius 1 is 1.38 bits per heavy atom. The van der Waals surface area contributed by atoms with E-state index in [0.29, 0.717) is 6.04 Å². The van der Waals surface area contributed by atoms with E-state index in [-0.39, 0.29) is 17.4 Å². The quantitative estimate of drug-likeness (QED) is 0.895. The summed E-state index contributed by atoms with van der Waals surface area (Å²) in [5, 5.41) is 6.20. The highest BCUT2D eigenvalue weighted by Crippen LogP contribution is 2.35. The van der Waals surface area contributed by atoms with Gasteiger partial charge in [-0.2, -0.15) is 0 Å². The average molecular weight is 289 g/mol. The van der Waals surface area contributed by atoms with E-state index >= 15 is 0 Å². The zero-order chi connectivity index (χ0) is 15.8. The molecule has 4 nitrogen and oxygen atoms in total. The standard InChI is InChI=1S/C17H27N3O/c1-7-18-15-13-9-8-12(10-14(13)19-16(15)21)20(6)11(2)17(3,4)5/h8-11,15,18H,7H2,1-6H3,(H,19,21). The van der Waals surface area contributed by atoms with Gasteiger partial charge in [0.15, 0.2) is 0 Å². The summed E-state index contributed by atoms with van der Waals surface area (Å²) in [5.74, 6) is 0.0375. The van der Waals surface area contributed by atoms with Gasteiger partial charge in [0.05, 0.1) is 0 Å². The van der Waals surface area contributed by atoms with Crippen molar-refractivity contribution in [2.45, 2.75) is 46.7 Å². The molecule has 116 valence electrons. The summed E-state index contributed by atoms with van der Waals surface area (Å²) >= 11 is 0. The molecule has 2 atom stereocenters. The van der Waals surface area contributed by atoms with Gasteiger partial charge in [0.25, 0.3) is 0 Å². The Morgan fingerprint density at radius 2 is 2.05 bits per heavy atom. The molecule has 2 unspecified atom stereocenters. The van der Waals surface area contributed by atoms with Gasteiger partial charge in [-0.05, 0) is 31.0 Å². The van der Waals surface area contributed by atoms with Crippen LogP contribution in [0, 0.1) is 5.41 Å². The number of likely N-dealkylation sites (N-methyl/N-ethyl adjacent to an activating group) is 1. The van der Waals surface area contributed by atoms with Crippen molar-refractivity contribution >= 4 is 17.3 Å². The van der Waals surface area contributed by atoms with E-state index in [1.807, 2.05) is 6.92 Å². The van der Waals surface area contributed by atoms with Crippen LogP contribution in [-0.2, 0) is 4.79 Å². The topological polar surface area (TPSA) is 44.4 Å². The van der Waals surface area contributed by atoms with Crippen molar-refractivity contribution in [1.82, 2.24) is 5.32 Å². The van der Waals surface area contributed by atoms with Crippen LogP contribution < -0.4 is 15.5 Å². The first-order valence-electron chi connectivity index (χ1n) is 7.66. The maximum Gasteiger partial charge on any atom is 0.246 e. The summed E-state index contributed by atoms with van der Waals surface area (Å²) < 4.78 is 0. The van der Waals surface area contributed by atoms with Gasteiger partial charge < -0.3 is 15.5 Å². The second-order valence-electron chi connectivity index (χ2n) is 6.90. The van der Waals surface area contributed by atoms with Crippen molar-refractivity contribution in [3.8, 4) is 0 Å². The predicted molar refractivity (Wildman–Crippen MR) is 88.8 cm³/mol. The maximum absolute atomic E-state index is 12.0. The number of carbonyl (C=O) groups excluding carboxylic acids is 1. The summed E-state index contributed by atoms with van der Waals surface area (Å²) in [7, 11) is 2.11. The summed E-state index contributed by atoms with van der Waals surface area (Å²) in [6.07, 6.45) is 0. The Hall–Kier alpha value is -1.55. The molecule has 0 saturated heterocycles. The van der Waals surface area contributed by atoms with Crippen LogP contribution in [0.1, 0.15) is 46.2 Å². The highest BCUT2D eigenvalue weighted by molar-refractivity contribution is 6.03. The first kappa shape index (κ1) is 15.8. The number of anilines is 2. The van der Waals surface area contributed by atoms with Gasteiger partial charge in [-0.3, -0.25) is 4.79 Å². The van der Waals surface area contributed by atoms with Gasteiger partial charge in [-0.15, -0.1) is 0 Å². The van der Waals surface area contributed by atoms with Crippen LogP contribution in [0.4, 0.5) is 11.4 Å². The average Bonchev–Trinajstić information content (AvgIpc) is 2.72. The van der Waals surface area contributed by atoms with Gasteiger partial charge in [-0.1, -0.05) is 33.8 Å². The number of nitrogens with zero attached hydrogens (tertiary/aromatic N) is 1. The Kier molecular flexibility index (Phi) is 4.28. The number of nitrogens with one attached hydrogen (secondary N) is 2. The highest BCUT2D eigenvalue weighted by atomic mass is 16.2. The van der Waals surface area contributed by atoms with Gasteiger partial charge in [0.2, 0.25) is 5.91 Å². The van der Waals surface area contributed by atoms with Crippen molar-refractivity contribution in [2.75, 3.05) is 23.8 Å². The number of fused-ring (bicyclic) bond motifs is 1. The van der Waals surface area contributed by atoms with Gasteiger partial charge in [-0.25, -0.2) is 0 Å². The van der Waals surface area contributed by atoms with Crippen molar-refractivity contribution in [2.24, 2.45) is 5.41 Å². The maximum atomic E-state index is 12.0. The predicted octanol–water partition coefficient (Wildman–Crippen LogP) is 3.16. The molecule has 0 radical (unpaired) electrons. The fraction of sp³-hybridized carbons (Fsp3) is 0.588. The van der Waals surface area contributed by atoms with E-state index < -0.39 is 0 Å². The van der Waals surface area contributed by atoms with Gasteiger partial charge >= 0.3 is 0 Å². The number of hydrogen-bond acceptors (Lipinski definition) is 3. The van der Waals surface area contributed by atoms with Crippen LogP contribution in [0.5, 0.6) is 0 Å². The van der Waals surface area contributed by atoms with Crippen LogP contribution in [0.3, 0.4) is 0 Å². The summed E-state index contributed by atoms with van der Waals surface area (Å²) in [6, 6.07) is 6.42. The molecule has 0 spiro atoms. The Balaban J connectivity index is 2.27. The molecule has 21 heavy (non-hydrogen) atoms. The molecular formula is C17H27N3O. The molecule has 0 aliphatic carbocycles. The lowest BCUT2D eigenvalue weighted by molar-refractivity contribution is -0.117. The van der Waals surface area contributed by atoms with E-state index in [4.69, 9.17) is 0 Å². The van der Waals surface area contributed by atoms with Gasteiger partial charge in [0.1, 0.15) is 6.04 Å². The first-order valence-corrected chi connectivity index (χ1v) is 7.66. The van der Waals surface area contributed by atoms with Crippen LogP contribution >= 0.6 is 0 Å². The lowest BCUT2D eigenvalue weighted by Gasteiger charge is -2.37. The van der Waals surface area contributed by atoms with E-state index in [9.17, 15) is 4.79 Å². The molecular weight excluding hydrogens is 262 g/mol. The largest absolute Gasteiger partial charge is 0.371 e. The molecule has 4 heteroatoms. The molecule has 1 aliphatic heterocycles. The third-order valence-corrected chi connectivity index (χ3v) is 4.52. The molecule has 1 amide bonds. The summed E-state index contributed by atoms with van der Waals surface area (Å²) in [5.41, 5.74) is 3.30. The van der Waals surface area contributed by atoms with Crippen LogP contribution in [-0.4, -0.2) is 25.5 Å². The lowest BCUT2D eigenvalue weighted by atomic mass is 9.87. The summed E-state index contributed by atoms with van der Waals surface area (Å²) in [6.45, 7) is 11.7. The zero-order valence-electron chi connectivity index (χ0n) is 13.9. The number of hydrogen-bond donors (Lipinski definition) is 2. The lowest BCUT2D eigenvalue weighted by Crippen LogP contribution is -2.39. The second kappa shape index (κ2) is 5.68. The second-order valence-corrected chi connectivity index (χ2v) is 6.90. The minimum Gasteiger partial charge on any atom is -0.371 e.